The zero-order valence-corrected chi connectivity index (χ0v) is 12.0. The van der Waals surface area contributed by atoms with Crippen molar-refractivity contribution in [3.8, 4) is 0 Å². The number of para-hydroxylation sites is 1. The summed E-state index contributed by atoms with van der Waals surface area (Å²) in [5.74, 6) is -0.171. The van der Waals surface area contributed by atoms with Gasteiger partial charge in [-0.25, -0.2) is 0 Å². The fourth-order valence-corrected chi connectivity index (χ4v) is 2.28. The van der Waals surface area contributed by atoms with Crippen molar-refractivity contribution in [2.45, 2.75) is 19.4 Å². The summed E-state index contributed by atoms with van der Waals surface area (Å²) in [4.78, 5) is 12.3. The number of hydrogen-bond acceptors (Lipinski definition) is 2. The number of nitrogens with one attached hydrogen (secondary N) is 1. The van der Waals surface area contributed by atoms with Gasteiger partial charge in [-0.3, -0.25) is 4.79 Å². The van der Waals surface area contributed by atoms with Crippen molar-refractivity contribution in [3.05, 3.63) is 64.7 Å². The molecule has 0 aromatic heterocycles. The Kier molecular flexibility index (Phi) is 4.64. The fourth-order valence-electron chi connectivity index (χ4n) is 2.08. The van der Waals surface area contributed by atoms with Crippen molar-refractivity contribution in [2.24, 2.45) is 0 Å². The van der Waals surface area contributed by atoms with E-state index in [0.29, 0.717) is 16.3 Å². The van der Waals surface area contributed by atoms with Gasteiger partial charge >= 0.3 is 0 Å². The summed E-state index contributed by atoms with van der Waals surface area (Å²) in [5, 5.41) is 3.65. The Labute approximate surface area is 123 Å². The third-order valence-electron chi connectivity index (χ3n) is 3.17. The molecule has 104 valence electrons. The molecular formula is C16H17ClN2O. The second kappa shape index (κ2) is 6.44. The van der Waals surface area contributed by atoms with Gasteiger partial charge in [0, 0.05) is 10.7 Å². The van der Waals surface area contributed by atoms with Crippen LogP contribution in [-0.4, -0.2) is 5.91 Å². The van der Waals surface area contributed by atoms with Crippen LogP contribution in [0.15, 0.2) is 48.5 Å². The van der Waals surface area contributed by atoms with E-state index in [-0.39, 0.29) is 11.9 Å². The summed E-state index contributed by atoms with van der Waals surface area (Å²) in [5.41, 5.74) is 7.78. The summed E-state index contributed by atoms with van der Waals surface area (Å²) < 4.78 is 0. The molecule has 3 N–H and O–H groups in total. The number of hydrogen-bond donors (Lipinski definition) is 2. The predicted octanol–water partition coefficient (Wildman–Crippen LogP) is 3.80. The van der Waals surface area contributed by atoms with Gasteiger partial charge in [-0.15, -0.1) is 0 Å². The third kappa shape index (κ3) is 3.31. The van der Waals surface area contributed by atoms with Crippen LogP contribution in [-0.2, 0) is 0 Å². The second-order valence-electron chi connectivity index (χ2n) is 4.58. The lowest BCUT2D eigenvalue weighted by molar-refractivity contribution is 0.0936. The molecule has 2 aromatic carbocycles. The van der Waals surface area contributed by atoms with Gasteiger partial charge in [0.2, 0.25) is 0 Å². The van der Waals surface area contributed by atoms with Gasteiger partial charge in [0.15, 0.2) is 0 Å². The molecule has 0 fully saturated rings. The van der Waals surface area contributed by atoms with Gasteiger partial charge in [0.25, 0.3) is 5.91 Å². The average molecular weight is 289 g/mol. The monoisotopic (exact) mass is 288 g/mol. The number of anilines is 1. The molecule has 0 aliphatic rings. The molecular weight excluding hydrogens is 272 g/mol. The van der Waals surface area contributed by atoms with Gasteiger partial charge in [-0.2, -0.15) is 0 Å². The minimum absolute atomic E-state index is 0.0826. The summed E-state index contributed by atoms with van der Waals surface area (Å²) in [6, 6.07) is 14.5. The molecule has 3 nitrogen and oxygen atoms in total. The Bertz CT molecular complexity index is 613. The highest BCUT2D eigenvalue weighted by Gasteiger charge is 2.15. The standard InChI is InChI=1S/C16H17ClN2O/c1-2-15(11-6-5-7-12(17)10-11)19-16(20)13-8-3-4-9-14(13)18/h3-10,15H,2,18H2,1H3,(H,19,20). The van der Waals surface area contributed by atoms with Crippen molar-refractivity contribution in [2.75, 3.05) is 5.73 Å². The van der Waals surface area contributed by atoms with E-state index in [1.165, 1.54) is 0 Å². The van der Waals surface area contributed by atoms with Crippen LogP contribution in [0, 0.1) is 0 Å². The first kappa shape index (κ1) is 14.4. The molecule has 4 heteroatoms. The molecule has 20 heavy (non-hydrogen) atoms. The van der Waals surface area contributed by atoms with E-state index in [1.807, 2.05) is 31.2 Å². The van der Waals surface area contributed by atoms with E-state index < -0.39 is 0 Å². The minimum atomic E-state index is -0.171. The van der Waals surface area contributed by atoms with E-state index in [4.69, 9.17) is 17.3 Å². The van der Waals surface area contributed by atoms with E-state index in [1.54, 1.807) is 24.3 Å². The summed E-state index contributed by atoms with van der Waals surface area (Å²) in [6.07, 6.45) is 0.777. The first-order valence-electron chi connectivity index (χ1n) is 6.52. The highest BCUT2D eigenvalue weighted by molar-refractivity contribution is 6.30. The number of carbonyl (C=O) groups is 1. The van der Waals surface area contributed by atoms with E-state index >= 15 is 0 Å². The van der Waals surface area contributed by atoms with E-state index in [2.05, 4.69) is 5.32 Å². The molecule has 0 heterocycles. The lowest BCUT2D eigenvalue weighted by Crippen LogP contribution is -2.28. The zero-order valence-electron chi connectivity index (χ0n) is 11.3. The number of nitrogen functional groups attached to an aromatic ring is 1. The van der Waals surface area contributed by atoms with Gasteiger partial charge in [-0.1, -0.05) is 42.8 Å². The summed E-state index contributed by atoms with van der Waals surface area (Å²) >= 11 is 5.99. The Balaban J connectivity index is 2.19. The third-order valence-corrected chi connectivity index (χ3v) is 3.41. The molecule has 1 unspecified atom stereocenters. The van der Waals surface area contributed by atoms with Crippen LogP contribution in [0.5, 0.6) is 0 Å². The molecule has 0 saturated carbocycles. The number of amides is 1. The number of rotatable bonds is 4. The molecule has 0 aliphatic heterocycles. The predicted molar refractivity (Wildman–Crippen MR) is 82.8 cm³/mol. The van der Waals surface area contributed by atoms with Crippen LogP contribution >= 0.6 is 11.6 Å². The van der Waals surface area contributed by atoms with Crippen LogP contribution < -0.4 is 11.1 Å². The first-order valence-corrected chi connectivity index (χ1v) is 6.90. The number of halogens is 1. The Morgan fingerprint density at radius 2 is 2.00 bits per heavy atom. The summed E-state index contributed by atoms with van der Waals surface area (Å²) in [7, 11) is 0. The van der Waals surface area contributed by atoms with Crippen molar-refractivity contribution >= 4 is 23.2 Å². The molecule has 0 bridgehead atoms. The number of benzene rings is 2. The van der Waals surface area contributed by atoms with Crippen LogP contribution in [0.2, 0.25) is 5.02 Å². The van der Waals surface area contributed by atoms with Gasteiger partial charge in [0.1, 0.15) is 0 Å². The van der Waals surface area contributed by atoms with Crippen LogP contribution in [0.3, 0.4) is 0 Å². The molecule has 2 rings (SSSR count). The Morgan fingerprint density at radius 1 is 1.25 bits per heavy atom. The van der Waals surface area contributed by atoms with Crippen LogP contribution in [0.25, 0.3) is 0 Å². The molecule has 2 aromatic rings. The first-order chi connectivity index (χ1) is 9.61. The lowest BCUT2D eigenvalue weighted by Gasteiger charge is -2.18. The van der Waals surface area contributed by atoms with Crippen LogP contribution in [0.1, 0.15) is 35.3 Å². The maximum Gasteiger partial charge on any atom is 0.253 e. The van der Waals surface area contributed by atoms with Crippen molar-refractivity contribution < 1.29 is 4.79 Å². The van der Waals surface area contributed by atoms with Crippen molar-refractivity contribution in [3.63, 3.8) is 0 Å². The summed E-state index contributed by atoms with van der Waals surface area (Å²) in [6.45, 7) is 2.01. The number of nitrogens with two attached hydrogens (primary N) is 1. The van der Waals surface area contributed by atoms with E-state index in [9.17, 15) is 4.79 Å². The quantitative estimate of drug-likeness (QED) is 0.841. The SMILES string of the molecule is CCC(NC(=O)c1ccccc1N)c1cccc(Cl)c1. The molecule has 0 spiro atoms. The zero-order chi connectivity index (χ0) is 14.5. The molecule has 1 amide bonds. The maximum absolute atomic E-state index is 12.3. The highest BCUT2D eigenvalue weighted by Crippen LogP contribution is 2.21. The van der Waals surface area contributed by atoms with E-state index in [0.717, 1.165) is 12.0 Å². The van der Waals surface area contributed by atoms with Crippen LogP contribution in [0.4, 0.5) is 5.69 Å². The topological polar surface area (TPSA) is 55.1 Å². The largest absolute Gasteiger partial charge is 0.398 e. The molecule has 0 aliphatic carbocycles. The maximum atomic E-state index is 12.3. The van der Waals surface area contributed by atoms with Crippen molar-refractivity contribution in [1.29, 1.82) is 0 Å². The normalized spacial score (nSPS) is 11.9. The lowest BCUT2D eigenvalue weighted by atomic mass is 10.0. The molecule has 0 radical (unpaired) electrons. The van der Waals surface area contributed by atoms with Crippen molar-refractivity contribution in [1.82, 2.24) is 5.32 Å². The highest BCUT2D eigenvalue weighted by atomic mass is 35.5. The average Bonchev–Trinajstić information content (AvgIpc) is 2.45. The van der Waals surface area contributed by atoms with Gasteiger partial charge in [-0.05, 0) is 36.2 Å². The molecule has 1 atom stereocenters. The smallest absolute Gasteiger partial charge is 0.253 e. The van der Waals surface area contributed by atoms with Gasteiger partial charge in [0.05, 0.1) is 11.6 Å². The molecule has 0 saturated heterocycles. The van der Waals surface area contributed by atoms with Gasteiger partial charge < -0.3 is 11.1 Å². The number of carbonyl (C=O) groups excluding carboxylic acids is 1. The fraction of sp³-hybridized carbons (Fsp3) is 0.188. The Hall–Kier alpha value is -2.00. The Morgan fingerprint density at radius 3 is 2.65 bits per heavy atom. The second-order valence-corrected chi connectivity index (χ2v) is 5.01. The minimum Gasteiger partial charge on any atom is -0.398 e.